The first-order chi connectivity index (χ1) is 16.0. The molecule has 1 unspecified atom stereocenters. The monoisotopic (exact) mass is 452 g/mol. The number of piperidine rings is 2. The van der Waals surface area contributed by atoms with Crippen molar-refractivity contribution in [3.63, 3.8) is 0 Å². The van der Waals surface area contributed by atoms with Crippen LogP contribution in [0.2, 0.25) is 0 Å². The van der Waals surface area contributed by atoms with Gasteiger partial charge in [-0.05, 0) is 44.1 Å². The largest absolute Gasteiger partial charge is 0.342 e. The highest BCUT2D eigenvalue weighted by Crippen LogP contribution is 2.25. The number of carbonyl (C=O) groups excluding carboxylic acids is 2. The molecular weight excluding hydrogens is 416 g/mol. The summed E-state index contributed by atoms with van der Waals surface area (Å²) < 4.78 is 1.46. The van der Waals surface area contributed by atoms with Crippen molar-refractivity contribution < 1.29 is 9.59 Å². The highest BCUT2D eigenvalue weighted by atomic mass is 16.2. The fourth-order valence-corrected chi connectivity index (χ4v) is 5.18. The summed E-state index contributed by atoms with van der Waals surface area (Å²) >= 11 is 0. The first kappa shape index (κ1) is 23.5. The van der Waals surface area contributed by atoms with Crippen LogP contribution in [0.3, 0.4) is 0 Å². The Bertz CT molecular complexity index is 1060. The third kappa shape index (κ3) is 5.12. The van der Waals surface area contributed by atoms with Gasteiger partial charge in [-0.2, -0.15) is 5.10 Å². The second-order valence-electron chi connectivity index (χ2n) is 9.73. The summed E-state index contributed by atoms with van der Waals surface area (Å²) in [6, 6.07) is 7.25. The molecule has 0 bridgehead atoms. The van der Waals surface area contributed by atoms with Crippen molar-refractivity contribution in [3.8, 4) is 0 Å². The second kappa shape index (κ2) is 10.5. The minimum atomic E-state index is -0.145. The van der Waals surface area contributed by atoms with E-state index in [0.717, 1.165) is 38.8 Å². The molecule has 0 radical (unpaired) electrons. The van der Waals surface area contributed by atoms with Crippen LogP contribution in [0, 0.1) is 11.8 Å². The van der Waals surface area contributed by atoms with E-state index in [1.165, 1.54) is 11.1 Å². The van der Waals surface area contributed by atoms with Crippen LogP contribution in [0.4, 0.5) is 0 Å². The smallest absolute Gasteiger partial charge is 0.274 e. The Morgan fingerprint density at radius 3 is 2.42 bits per heavy atom. The Morgan fingerprint density at radius 1 is 1.00 bits per heavy atom. The third-order valence-corrected chi connectivity index (χ3v) is 7.14. The van der Waals surface area contributed by atoms with Crippen molar-refractivity contribution in [2.24, 2.45) is 11.8 Å². The number of benzene rings is 1. The summed E-state index contributed by atoms with van der Waals surface area (Å²) in [6.45, 7) is 7.65. The Hall–Kier alpha value is -2.70. The summed E-state index contributed by atoms with van der Waals surface area (Å²) in [5.41, 5.74) is 0.203. The summed E-state index contributed by atoms with van der Waals surface area (Å²) in [5.74, 6) is 0.665. The van der Waals surface area contributed by atoms with Crippen molar-refractivity contribution in [3.05, 3.63) is 40.3 Å². The van der Waals surface area contributed by atoms with Gasteiger partial charge in [0, 0.05) is 44.0 Å². The van der Waals surface area contributed by atoms with Crippen LogP contribution in [-0.2, 0) is 11.3 Å². The van der Waals surface area contributed by atoms with Crippen LogP contribution in [0.15, 0.2) is 29.1 Å². The molecule has 1 aromatic carbocycles. The lowest BCUT2D eigenvalue weighted by molar-refractivity contribution is -0.138. The molecular formula is C26H36N4O3. The molecule has 0 N–H and O–H groups in total. The molecule has 33 heavy (non-hydrogen) atoms. The number of likely N-dealkylation sites (tertiary alicyclic amines) is 2. The van der Waals surface area contributed by atoms with Gasteiger partial charge in [0.15, 0.2) is 5.69 Å². The van der Waals surface area contributed by atoms with Gasteiger partial charge in [0.05, 0.1) is 5.39 Å². The van der Waals surface area contributed by atoms with Crippen molar-refractivity contribution >= 4 is 22.6 Å². The third-order valence-electron chi connectivity index (χ3n) is 7.14. The number of hydrogen-bond donors (Lipinski definition) is 0. The fraction of sp³-hybridized carbons (Fsp3) is 0.615. The molecule has 2 amide bonds. The predicted octanol–water partition coefficient (Wildman–Crippen LogP) is 3.70. The topological polar surface area (TPSA) is 75.5 Å². The van der Waals surface area contributed by atoms with Crippen LogP contribution in [0.25, 0.3) is 10.8 Å². The molecule has 0 spiro atoms. The molecule has 1 aromatic heterocycles. The summed E-state index contributed by atoms with van der Waals surface area (Å²) in [7, 11) is 0. The number of amides is 2. The maximum atomic E-state index is 13.5. The number of fused-ring (bicyclic) bond motifs is 1. The van der Waals surface area contributed by atoms with E-state index in [0.29, 0.717) is 54.9 Å². The molecule has 3 heterocycles. The normalized spacial score (nSPS) is 19.8. The first-order valence-electron chi connectivity index (χ1n) is 12.6. The minimum absolute atomic E-state index is 0.00736. The van der Waals surface area contributed by atoms with Crippen molar-refractivity contribution in [1.29, 1.82) is 0 Å². The van der Waals surface area contributed by atoms with Gasteiger partial charge in [-0.15, -0.1) is 0 Å². The number of unbranched alkanes of at least 4 members (excludes halogenated alkanes) is 2. The minimum Gasteiger partial charge on any atom is -0.342 e. The van der Waals surface area contributed by atoms with E-state index >= 15 is 0 Å². The standard InChI is InChI=1S/C26H36N4O3/c1-3-4-7-15-30-25(32)22-11-6-5-10-21(22)23(27-30)26(33)28-16-12-20(13-17-28)24(31)29-14-8-9-19(2)18-29/h5-6,10-11,19-20H,3-4,7-9,12-18H2,1-2H3. The van der Waals surface area contributed by atoms with E-state index in [1.54, 1.807) is 17.0 Å². The van der Waals surface area contributed by atoms with Gasteiger partial charge < -0.3 is 9.80 Å². The van der Waals surface area contributed by atoms with E-state index < -0.39 is 0 Å². The maximum absolute atomic E-state index is 13.5. The molecule has 7 heteroatoms. The summed E-state index contributed by atoms with van der Waals surface area (Å²) in [4.78, 5) is 43.2. The molecule has 0 aliphatic carbocycles. The first-order valence-corrected chi connectivity index (χ1v) is 12.6. The Kier molecular flexibility index (Phi) is 7.46. The highest BCUT2D eigenvalue weighted by Gasteiger charge is 2.33. The van der Waals surface area contributed by atoms with Gasteiger partial charge in [0.1, 0.15) is 0 Å². The molecule has 1 atom stereocenters. The lowest BCUT2D eigenvalue weighted by Gasteiger charge is -2.37. The van der Waals surface area contributed by atoms with Gasteiger partial charge >= 0.3 is 0 Å². The van der Waals surface area contributed by atoms with Crippen LogP contribution in [0.1, 0.15) is 69.3 Å². The van der Waals surface area contributed by atoms with Crippen LogP contribution in [0.5, 0.6) is 0 Å². The van der Waals surface area contributed by atoms with E-state index in [1.807, 2.05) is 17.0 Å². The molecule has 2 fully saturated rings. The van der Waals surface area contributed by atoms with Gasteiger partial charge in [-0.3, -0.25) is 14.4 Å². The van der Waals surface area contributed by atoms with E-state index in [4.69, 9.17) is 0 Å². The number of aryl methyl sites for hydroxylation is 1. The summed E-state index contributed by atoms with van der Waals surface area (Å²) in [5, 5.41) is 5.67. The average Bonchev–Trinajstić information content (AvgIpc) is 2.85. The fourth-order valence-electron chi connectivity index (χ4n) is 5.18. The molecule has 0 saturated carbocycles. The second-order valence-corrected chi connectivity index (χ2v) is 9.73. The SMILES string of the molecule is CCCCCn1nc(C(=O)N2CCC(C(=O)N3CCCC(C)C3)CC2)c2ccccc2c1=O. The van der Waals surface area contributed by atoms with Crippen LogP contribution in [-0.4, -0.2) is 57.6 Å². The molecule has 7 nitrogen and oxygen atoms in total. The Balaban J connectivity index is 1.49. The van der Waals surface area contributed by atoms with Crippen molar-refractivity contribution in [1.82, 2.24) is 19.6 Å². The van der Waals surface area contributed by atoms with E-state index in [9.17, 15) is 14.4 Å². The lowest BCUT2D eigenvalue weighted by atomic mass is 9.92. The molecule has 4 rings (SSSR count). The number of hydrogen-bond acceptors (Lipinski definition) is 4. The quantitative estimate of drug-likeness (QED) is 0.627. The number of carbonyl (C=O) groups is 2. The Morgan fingerprint density at radius 2 is 1.73 bits per heavy atom. The molecule has 2 aromatic rings. The highest BCUT2D eigenvalue weighted by molar-refractivity contribution is 6.04. The number of rotatable bonds is 6. The van der Waals surface area contributed by atoms with Crippen LogP contribution < -0.4 is 5.56 Å². The zero-order chi connectivity index (χ0) is 23.4. The molecule has 178 valence electrons. The van der Waals surface area contributed by atoms with Gasteiger partial charge in [-0.1, -0.05) is 44.9 Å². The van der Waals surface area contributed by atoms with Gasteiger partial charge in [0.2, 0.25) is 5.91 Å². The van der Waals surface area contributed by atoms with Crippen LogP contribution >= 0.6 is 0 Å². The molecule has 2 aliphatic rings. The van der Waals surface area contributed by atoms with E-state index in [2.05, 4.69) is 18.9 Å². The van der Waals surface area contributed by atoms with Gasteiger partial charge in [-0.25, -0.2) is 4.68 Å². The number of aromatic nitrogens is 2. The zero-order valence-corrected chi connectivity index (χ0v) is 20.0. The Labute approximate surface area is 195 Å². The average molecular weight is 453 g/mol. The molecule has 2 aliphatic heterocycles. The predicted molar refractivity (Wildman–Crippen MR) is 129 cm³/mol. The zero-order valence-electron chi connectivity index (χ0n) is 20.0. The maximum Gasteiger partial charge on any atom is 0.274 e. The molecule has 2 saturated heterocycles. The van der Waals surface area contributed by atoms with Crippen molar-refractivity contribution in [2.45, 2.75) is 65.3 Å². The van der Waals surface area contributed by atoms with E-state index in [-0.39, 0.29) is 23.3 Å². The van der Waals surface area contributed by atoms with Gasteiger partial charge in [0.25, 0.3) is 11.5 Å². The van der Waals surface area contributed by atoms with Crippen molar-refractivity contribution in [2.75, 3.05) is 26.2 Å². The summed E-state index contributed by atoms with van der Waals surface area (Å²) in [6.07, 6.45) is 6.57. The number of nitrogens with zero attached hydrogens (tertiary/aromatic N) is 4. The lowest BCUT2D eigenvalue weighted by Crippen LogP contribution is -2.47.